The molecule has 19 heavy (non-hydrogen) atoms. The summed E-state index contributed by atoms with van der Waals surface area (Å²) in [6, 6.07) is 4.73. The highest BCUT2D eigenvalue weighted by molar-refractivity contribution is 5.47. The van der Waals surface area contributed by atoms with Gasteiger partial charge in [-0.15, -0.1) is 0 Å². The van der Waals surface area contributed by atoms with Crippen molar-refractivity contribution in [3.05, 3.63) is 28.8 Å². The van der Waals surface area contributed by atoms with Crippen LogP contribution >= 0.6 is 0 Å². The summed E-state index contributed by atoms with van der Waals surface area (Å²) in [7, 11) is 3.48. The Balaban J connectivity index is 2.86. The van der Waals surface area contributed by atoms with Gasteiger partial charge in [0, 0.05) is 19.7 Å². The van der Waals surface area contributed by atoms with Crippen LogP contribution in [0.2, 0.25) is 0 Å². The zero-order valence-electron chi connectivity index (χ0n) is 13.0. The van der Waals surface area contributed by atoms with Crippen molar-refractivity contribution < 1.29 is 9.47 Å². The molecule has 0 spiro atoms. The van der Waals surface area contributed by atoms with Crippen LogP contribution in [0, 0.1) is 13.8 Å². The summed E-state index contributed by atoms with van der Waals surface area (Å²) in [5, 5.41) is 3.49. The van der Waals surface area contributed by atoms with Crippen LogP contribution in [0.25, 0.3) is 0 Å². The molecule has 1 rings (SSSR count). The minimum atomic E-state index is 0.381. The second kappa shape index (κ2) is 7.51. The van der Waals surface area contributed by atoms with Gasteiger partial charge in [-0.25, -0.2) is 0 Å². The van der Waals surface area contributed by atoms with Crippen molar-refractivity contribution in [3.8, 4) is 5.75 Å². The third-order valence-electron chi connectivity index (χ3n) is 3.92. The highest BCUT2D eigenvalue weighted by Crippen LogP contribution is 2.33. The van der Waals surface area contributed by atoms with E-state index in [1.165, 1.54) is 16.7 Å². The second-order valence-corrected chi connectivity index (χ2v) is 5.15. The molecule has 0 radical (unpaired) electrons. The summed E-state index contributed by atoms with van der Waals surface area (Å²) in [5.41, 5.74) is 3.77. The van der Waals surface area contributed by atoms with E-state index in [0.717, 1.165) is 18.9 Å². The van der Waals surface area contributed by atoms with Crippen LogP contribution in [0.5, 0.6) is 5.75 Å². The Morgan fingerprint density at radius 3 is 2.42 bits per heavy atom. The Bertz CT molecular complexity index is 404. The fraction of sp³-hybridized carbons (Fsp3) is 0.625. The first-order chi connectivity index (χ1) is 9.02. The molecule has 0 saturated heterocycles. The quantitative estimate of drug-likeness (QED) is 0.769. The van der Waals surface area contributed by atoms with Crippen molar-refractivity contribution in [3.63, 3.8) is 0 Å². The highest BCUT2D eigenvalue weighted by Gasteiger charge is 2.19. The highest BCUT2D eigenvalue weighted by atomic mass is 16.5. The predicted molar refractivity (Wildman–Crippen MR) is 80.2 cm³/mol. The Hall–Kier alpha value is -1.06. The molecule has 0 aliphatic carbocycles. The summed E-state index contributed by atoms with van der Waals surface area (Å²) < 4.78 is 10.7. The Kier molecular flexibility index (Phi) is 6.32. The molecular weight excluding hydrogens is 238 g/mol. The van der Waals surface area contributed by atoms with Crippen LogP contribution in [-0.2, 0) is 4.74 Å². The second-order valence-electron chi connectivity index (χ2n) is 5.15. The molecule has 3 nitrogen and oxygen atoms in total. The number of hydrogen-bond acceptors (Lipinski definition) is 3. The first kappa shape index (κ1) is 16.0. The van der Waals surface area contributed by atoms with Gasteiger partial charge >= 0.3 is 0 Å². The van der Waals surface area contributed by atoms with E-state index < -0.39 is 0 Å². The van der Waals surface area contributed by atoms with Gasteiger partial charge in [0.05, 0.1) is 13.7 Å². The molecule has 3 heteroatoms. The molecule has 0 aromatic heterocycles. The van der Waals surface area contributed by atoms with Gasteiger partial charge in [0.1, 0.15) is 5.75 Å². The zero-order valence-corrected chi connectivity index (χ0v) is 13.0. The molecule has 0 saturated carbocycles. The summed E-state index contributed by atoms with van der Waals surface area (Å²) in [6.07, 6.45) is 0. The first-order valence-corrected chi connectivity index (χ1v) is 6.89. The van der Waals surface area contributed by atoms with Crippen LogP contribution in [0.15, 0.2) is 12.1 Å². The Morgan fingerprint density at radius 2 is 1.84 bits per heavy atom. The molecule has 0 fully saturated rings. The minimum Gasteiger partial charge on any atom is -0.496 e. The molecule has 0 amide bonds. The minimum absolute atomic E-state index is 0.381. The number of methoxy groups -OCH3 is 2. The first-order valence-electron chi connectivity index (χ1n) is 6.89. The molecule has 2 atom stereocenters. The van der Waals surface area contributed by atoms with Gasteiger partial charge in [0.15, 0.2) is 0 Å². The molecule has 0 heterocycles. The van der Waals surface area contributed by atoms with Crippen LogP contribution in [0.4, 0.5) is 0 Å². The average molecular weight is 265 g/mol. The topological polar surface area (TPSA) is 30.5 Å². The lowest BCUT2D eigenvalue weighted by Gasteiger charge is -2.24. The number of nitrogens with one attached hydrogen (secondary N) is 1. The number of rotatable bonds is 7. The van der Waals surface area contributed by atoms with E-state index in [9.17, 15) is 0 Å². The summed E-state index contributed by atoms with van der Waals surface area (Å²) in [5.74, 6) is 1.42. The predicted octanol–water partition coefficient (Wildman–Crippen LogP) is 3.04. The summed E-state index contributed by atoms with van der Waals surface area (Å²) in [4.78, 5) is 0. The van der Waals surface area contributed by atoms with Crippen molar-refractivity contribution >= 4 is 0 Å². The normalized spacial score (nSPS) is 14.2. The van der Waals surface area contributed by atoms with Crippen LogP contribution < -0.4 is 10.1 Å². The maximum atomic E-state index is 5.60. The standard InChI is InChI=1S/C16H27NO2/c1-11-7-8-15(16(19-6)12(11)2)13(3)14(4)17-9-10-18-5/h7-8,13-14,17H,9-10H2,1-6H3. The number of aryl methyl sites for hydroxylation is 1. The maximum absolute atomic E-state index is 5.60. The number of ether oxygens (including phenoxy) is 2. The fourth-order valence-electron chi connectivity index (χ4n) is 2.28. The Morgan fingerprint density at radius 1 is 1.16 bits per heavy atom. The number of hydrogen-bond donors (Lipinski definition) is 1. The monoisotopic (exact) mass is 265 g/mol. The van der Waals surface area contributed by atoms with Crippen molar-refractivity contribution in [2.45, 2.75) is 39.7 Å². The zero-order chi connectivity index (χ0) is 14.4. The van der Waals surface area contributed by atoms with Crippen molar-refractivity contribution in [1.82, 2.24) is 5.32 Å². The molecule has 0 bridgehead atoms. The van der Waals surface area contributed by atoms with Gasteiger partial charge in [0.2, 0.25) is 0 Å². The molecule has 108 valence electrons. The third-order valence-corrected chi connectivity index (χ3v) is 3.92. The molecule has 1 aromatic carbocycles. The SMILES string of the molecule is COCCNC(C)C(C)c1ccc(C)c(C)c1OC. The molecule has 0 aliphatic rings. The van der Waals surface area contributed by atoms with Crippen LogP contribution in [0.1, 0.15) is 36.5 Å². The number of benzene rings is 1. The lowest BCUT2D eigenvalue weighted by atomic mass is 9.90. The van der Waals surface area contributed by atoms with Gasteiger partial charge in [-0.3, -0.25) is 0 Å². The van der Waals surface area contributed by atoms with Crippen LogP contribution in [0.3, 0.4) is 0 Å². The molecule has 0 aliphatic heterocycles. The lowest BCUT2D eigenvalue weighted by Crippen LogP contribution is -2.33. The van der Waals surface area contributed by atoms with Gasteiger partial charge in [-0.05, 0) is 43.4 Å². The van der Waals surface area contributed by atoms with E-state index in [2.05, 4.69) is 45.1 Å². The van der Waals surface area contributed by atoms with Gasteiger partial charge in [-0.2, -0.15) is 0 Å². The molecule has 1 N–H and O–H groups in total. The Labute approximate surface area is 117 Å². The van der Waals surface area contributed by atoms with E-state index in [1.54, 1.807) is 14.2 Å². The van der Waals surface area contributed by atoms with Gasteiger partial charge in [-0.1, -0.05) is 19.1 Å². The van der Waals surface area contributed by atoms with Gasteiger partial charge in [0.25, 0.3) is 0 Å². The van der Waals surface area contributed by atoms with Crippen molar-refractivity contribution in [1.29, 1.82) is 0 Å². The van der Waals surface area contributed by atoms with E-state index in [-0.39, 0.29) is 0 Å². The van der Waals surface area contributed by atoms with Crippen molar-refractivity contribution in [2.75, 3.05) is 27.4 Å². The van der Waals surface area contributed by atoms with E-state index >= 15 is 0 Å². The molecule has 2 unspecified atom stereocenters. The van der Waals surface area contributed by atoms with E-state index in [0.29, 0.717) is 12.0 Å². The lowest BCUT2D eigenvalue weighted by molar-refractivity contribution is 0.195. The molecular formula is C16H27NO2. The van der Waals surface area contributed by atoms with E-state index in [4.69, 9.17) is 9.47 Å². The fourth-order valence-corrected chi connectivity index (χ4v) is 2.28. The van der Waals surface area contributed by atoms with Gasteiger partial charge < -0.3 is 14.8 Å². The summed E-state index contributed by atoms with van der Waals surface area (Å²) in [6.45, 7) is 10.3. The maximum Gasteiger partial charge on any atom is 0.125 e. The largest absolute Gasteiger partial charge is 0.496 e. The van der Waals surface area contributed by atoms with Crippen molar-refractivity contribution in [2.24, 2.45) is 0 Å². The average Bonchev–Trinajstić information content (AvgIpc) is 2.41. The smallest absolute Gasteiger partial charge is 0.125 e. The van der Waals surface area contributed by atoms with E-state index in [1.807, 2.05) is 0 Å². The van der Waals surface area contributed by atoms with Crippen LogP contribution in [-0.4, -0.2) is 33.4 Å². The molecule has 1 aromatic rings. The third kappa shape index (κ3) is 3.95. The summed E-state index contributed by atoms with van der Waals surface area (Å²) >= 11 is 0.